The summed E-state index contributed by atoms with van der Waals surface area (Å²) in [5.41, 5.74) is 8.66. The molecule has 1 rings (SSSR count). The van der Waals surface area contributed by atoms with Gasteiger partial charge in [0.05, 0.1) is 11.6 Å². The van der Waals surface area contributed by atoms with E-state index in [-0.39, 0.29) is 11.6 Å². The molecule has 0 amide bonds. The first kappa shape index (κ1) is 15.2. The van der Waals surface area contributed by atoms with E-state index in [9.17, 15) is 0 Å². The molecule has 2 heteroatoms. The molecule has 0 radical (unpaired) electrons. The van der Waals surface area contributed by atoms with Crippen molar-refractivity contribution in [2.24, 2.45) is 5.73 Å². The maximum Gasteiger partial charge on any atom is 0.0865 e. The summed E-state index contributed by atoms with van der Waals surface area (Å²) in [6, 6.07) is 8.55. The lowest BCUT2D eigenvalue weighted by molar-refractivity contribution is -0.0385. The summed E-state index contributed by atoms with van der Waals surface area (Å²) >= 11 is 0. The van der Waals surface area contributed by atoms with E-state index in [4.69, 9.17) is 10.5 Å². The van der Waals surface area contributed by atoms with Crippen molar-refractivity contribution in [1.82, 2.24) is 0 Å². The normalized spacial score (nSPS) is 13.9. The number of ether oxygens (including phenoxy) is 1. The van der Waals surface area contributed by atoms with Crippen molar-refractivity contribution in [2.75, 3.05) is 7.11 Å². The van der Waals surface area contributed by atoms with E-state index >= 15 is 0 Å². The average molecular weight is 249 g/mol. The van der Waals surface area contributed by atoms with Crippen LogP contribution in [-0.4, -0.2) is 12.7 Å². The Morgan fingerprint density at radius 2 is 1.50 bits per heavy atom. The molecule has 0 bridgehead atoms. The second kappa shape index (κ2) is 6.35. The lowest BCUT2D eigenvalue weighted by Crippen LogP contribution is -2.42. The molecule has 1 aromatic rings. The van der Waals surface area contributed by atoms with Gasteiger partial charge in [0.25, 0.3) is 0 Å². The van der Waals surface area contributed by atoms with Gasteiger partial charge in [-0.1, -0.05) is 52.0 Å². The van der Waals surface area contributed by atoms with Crippen molar-refractivity contribution in [3.63, 3.8) is 0 Å². The average Bonchev–Trinajstić information content (AvgIpc) is 2.41. The molecule has 18 heavy (non-hydrogen) atoms. The predicted molar refractivity (Wildman–Crippen MR) is 77.8 cm³/mol. The van der Waals surface area contributed by atoms with Crippen molar-refractivity contribution in [3.05, 3.63) is 35.4 Å². The van der Waals surface area contributed by atoms with Crippen LogP contribution in [0.5, 0.6) is 0 Å². The van der Waals surface area contributed by atoms with Gasteiger partial charge in [0.15, 0.2) is 0 Å². The highest BCUT2D eigenvalue weighted by Crippen LogP contribution is 2.33. The molecule has 0 aliphatic heterocycles. The molecule has 102 valence electrons. The summed E-state index contributed by atoms with van der Waals surface area (Å²) in [5, 5.41) is 0. The van der Waals surface area contributed by atoms with Crippen LogP contribution >= 0.6 is 0 Å². The fourth-order valence-corrected chi connectivity index (χ4v) is 2.50. The third kappa shape index (κ3) is 2.93. The highest BCUT2D eigenvalue weighted by molar-refractivity contribution is 5.28. The predicted octanol–water partition coefficient (Wildman–Crippen LogP) is 4.02. The van der Waals surface area contributed by atoms with Gasteiger partial charge in [-0.25, -0.2) is 0 Å². The van der Waals surface area contributed by atoms with E-state index in [1.807, 2.05) is 0 Å². The van der Waals surface area contributed by atoms with Gasteiger partial charge in [-0.15, -0.1) is 0 Å². The summed E-state index contributed by atoms with van der Waals surface area (Å²) in [4.78, 5) is 0. The molecule has 2 N–H and O–H groups in total. The maximum atomic E-state index is 6.41. The summed E-state index contributed by atoms with van der Waals surface area (Å²) < 4.78 is 5.71. The number of methoxy groups -OCH3 is 1. The van der Waals surface area contributed by atoms with Crippen LogP contribution < -0.4 is 5.73 Å². The highest BCUT2D eigenvalue weighted by Gasteiger charge is 2.34. The second-order valence-corrected chi connectivity index (χ2v) is 5.28. The fraction of sp³-hybridized carbons (Fsp3) is 0.625. The Morgan fingerprint density at radius 1 is 1.06 bits per heavy atom. The molecule has 0 heterocycles. The quantitative estimate of drug-likeness (QED) is 0.826. The van der Waals surface area contributed by atoms with Crippen LogP contribution in [0.25, 0.3) is 0 Å². The Morgan fingerprint density at radius 3 is 1.83 bits per heavy atom. The van der Waals surface area contributed by atoms with E-state index in [0.717, 1.165) is 18.4 Å². The van der Waals surface area contributed by atoms with Crippen LogP contribution in [0, 0.1) is 0 Å². The van der Waals surface area contributed by atoms with Crippen molar-refractivity contribution in [2.45, 2.75) is 58.1 Å². The SMILES string of the molecule is CCC(CC)(OC)C(N)c1ccc(C(C)C)cc1. The number of rotatable bonds is 6. The van der Waals surface area contributed by atoms with Crippen molar-refractivity contribution >= 4 is 0 Å². The topological polar surface area (TPSA) is 35.2 Å². The standard InChI is InChI=1S/C16H27NO/c1-6-16(7-2,18-5)15(17)14-10-8-13(9-11-14)12(3)4/h8-12,15H,6-7,17H2,1-5H3. The molecule has 1 atom stereocenters. The Hall–Kier alpha value is -0.860. The molecule has 0 fully saturated rings. The van der Waals surface area contributed by atoms with Crippen LogP contribution in [0.2, 0.25) is 0 Å². The molecule has 0 saturated carbocycles. The molecule has 2 nitrogen and oxygen atoms in total. The Balaban J connectivity index is 2.98. The van der Waals surface area contributed by atoms with Gasteiger partial charge in [-0.3, -0.25) is 0 Å². The molecular formula is C16H27NO. The van der Waals surface area contributed by atoms with Crippen molar-refractivity contribution in [1.29, 1.82) is 0 Å². The van der Waals surface area contributed by atoms with Crippen LogP contribution in [0.1, 0.15) is 63.6 Å². The zero-order chi connectivity index (χ0) is 13.8. The molecule has 1 unspecified atom stereocenters. The van der Waals surface area contributed by atoms with Gasteiger partial charge in [0, 0.05) is 7.11 Å². The molecule has 0 saturated heterocycles. The van der Waals surface area contributed by atoms with Gasteiger partial charge in [0.1, 0.15) is 0 Å². The van der Waals surface area contributed by atoms with Gasteiger partial charge in [0.2, 0.25) is 0 Å². The molecule has 0 spiro atoms. The van der Waals surface area contributed by atoms with E-state index in [1.165, 1.54) is 5.56 Å². The molecular weight excluding hydrogens is 222 g/mol. The molecule has 0 aromatic heterocycles. The van der Waals surface area contributed by atoms with Crippen molar-refractivity contribution < 1.29 is 4.74 Å². The van der Waals surface area contributed by atoms with E-state index in [1.54, 1.807) is 7.11 Å². The van der Waals surface area contributed by atoms with E-state index in [2.05, 4.69) is 52.0 Å². The second-order valence-electron chi connectivity index (χ2n) is 5.28. The van der Waals surface area contributed by atoms with Crippen molar-refractivity contribution in [3.8, 4) is 0 Å². The monoisotopic (exact) mass is 249 g/mol. The lowest BCUT2D eigenvalue weighted by Gasteiger charge is -2.36. The minimum Gasteiger partial charge on any atom is -0.376 e. The highest BCUT2D eigenvalue weighted by atomic mass is 16.5. The zero-order valence-corrected chi connectivity index (χ0v) is 12.4. The van der Waals surface area contributed by atoms with Gasteiger partial charge in [-0.05, 0) is 29.9 Å². The lowest BCUT2D eigenvalue weighted by atomic mass is 9.84. The van der Waals surface area contributed by atoms with Gasteiger partial charge >= 0.3 is 0 Å². The number of hydrogen-bond donors (Lipinski definition) is 1. The maximum absolute atomic E-state index is 6.41. The van der Waals surface area contributed by atoms with Crippen LogP contribution in [0.4, 0.5) is 0 Å². The fourth-order valence-electron chi connectivity index (χ4n) is 2.50. The Kier molecular flexibility index (Phi) is 5.36. The summed E-state index contributed by atoms with van der Waals surface area (Å²) in [6.45, 7) is 8.67. The minimum atomic E-state index is -0.251. The van der Waals surface area contributed by atoms with Crippen LogP contribution in [0.3, 0.4) is 0 Å². The Labute approximate surface area is 112 Å². The largest absolute Gasteiger partial charge is 0.376 e. The molecule has 0 aliphatic carbocycles. The third-order valence-electron chi connectivity index (χ3n) is 4.13. The van der Waals surface area contributed by atoms with Gasteiger partial charge < -0.3 is 10.5 Å². The van der Waals surface area contributed by atoms with Gasteiger partial charge in [-0.2, -0.15) is 0 Å². The number of hydrogen-bond acceptors (Lipinski definition) is 2. The minimum absolute atomic E-state index is 0.0706. The molecule has 1 aromatic carbocycles. The summed E-state index contributed by atoms with van der Waals surface area (Å²) in [5.74, 6) is 0.555. The first-order valence-electron chi connectivity index (χ1n) is 6.91. The summed E-state index contributed by atoms with van der Waals surface area (Å²) in [6.07, 6.45) is 1.85. The first-order valence-corrected chi connectivity index (χ1v) is 6.91. The zero-order valence-electron chi connectivity index (χ0n) is 12.4. The third-order valence-corrected chi connectivity index (χ3v) is 4.13. The van der Waals surface area contributed by atoms with Crippen LogP contribution in [0.15, 0.2) is 24.3 Å². The molecule has 0 aliphatic rings. The number of benzene rings is 1. The van der Waals surface area contributed by atoms with E-state index in [0.29, 0.717) is 5.92 Å². The Bertz CT molecular complexity index is 344. The summed E-state index contributed by atoms with van der Waals surface area (Å²) in [7, 11) is 1.76. The van der Waals surface area contributed by atoms with E-state index < -0.39 is 0 Å². The smallest absolute Gasteiger partial charge is 0.0865 e. The van der Waals surface area contributed by atoms with Crippen LogP contribution in [-0.2, 0) is 4.74 Å². The first-order chi connectivity index (χ1) is 8.50. The number of nitrogens with two attached hydrogens (primary N) is 1.